The van der Waals surface area contributed by atoms with E-state index in [9.17, 15) is 30.0 Å². The van der Waals surface area contributed by atoms with E-state index in [1.165, 1.54) is 0 Å². The van der Waals surface area contributed by atoms with Crippen LogP contribution in [-0.4, -0.2) is 51.0 Å². The molecule has 0 amide bonds. The van der Waals surface area contributed by atoms with Gasteiger partial charge in [-0.2, -0.15) is 0 Å². The second-order valence-electron chi connectivity index (χ2n) is 14.3. The molecule has 202 valence electrons. The second kappa shape index (κ2) is 7.89. The van der Waals surface area contributed by atoms with Crippen LogP contribution in [0.3, 0.4) is 0 Å². The highest BCUT2D eigenvalue weighted by Gasteiger charge is 2.72. The van der Waals surface area contributed by atoms with Crippen molar-refractivity contribution in [2.24, 2.45) is 50.7 Å². The first-order valence-electron chi connectivity index (χ1n) is 14.1. The zero-order valence-electron chi connectivity index (χ0n) is 22.7. The highest BCUT2D eigenvalue weighted by Crippen LogP contribution is 2.76. The molecule has 0 aromatic heterocycles. The van der Waals surface area contributed by atoms with Crippen molar-refractivity contribution in [1.82, 2.24) is 0 Å². The van der Waals surface area contributed by atoms with Crippen molar-refractivity contribution >= 4 is 12.3 Å². The minimum absolute atomic E-state index is 0.0228. The second-order valence-corrected chi connectivity index (χ2v) is 14.3. The summed E-state index contributed by atoms with van der Waals surface area (Å²) in [6.07, 6.45) is 8.67. The third kappa shape index (κ3) is 2.85. The molecule has 0 aromatic carbocycles. The Morgan fingerprint density at radius 2 is 1.72 bits per heavy atom. The lowest BCUT2D eigenvalue weighted by Crippen LogP contribution is -2.68. The van der Waals surface area contributed by atoms with Crippen molar-refractivity contribution in [3.8, 4) is 0 Å². The lowest BCUT2D eigenvalue weighted by molar-refractivity contribution is -0.222. The molecule has 0 aromatic rings. The topological polar surface area (TPSA) is 115 Å². The number of rotatable bonds is 3. The Bertz CT molecular complexity index is 988. The molecule has 5 rings (SSSR count). The summed E-state index contributed by atoms with van der Waals surface area (Å²) in [5, 5.41) is 43.7. The molecular formula is C30H46O6. The van der Waals surface area contributed by atoms with Gasteiger partial charge in [-0.3, -0.25) is 4.79 Å². The van der Waals surface area contributed by atoms with E-state index in [1.807, 2.05) is 6.92 Å². The predicted molar refractivity (Wildman–Crippen MR) is 136 cm³/mol. The number of carbonyl (C=O) groups excluding carboxylic acids is 1. The van der Waals surface area contributed by atoms with Crippen molar-refractivity contribution < 1.29 is 30.0 Å². The van der Waals surface area contributed by atoms with E-state index in [0.29, 0.717) is 19.3 Å². The Morgan fingerprint density at radius 3 is 2.33 bits per heavy atom. The first-order valence-corrected chi connectivity index (χ1v) is 14.1. The smallest absolute Gasteiger partial charge is 0.310 e. The summed E-state index contributed by atoms with van der Waals surface area (Å²) in [5.74, 6) is -1.00. The van der Waals surface area contributed by atoms with Gasteiger partial charge in [0.05, 0.1) is 29.1 Å². The maximum Gasteiger partial charge on any atom is 0.310 e. The van der Waals surface area contributed by atoms with E-state index in [2.05, 4.69) is 33.8 Å². The van der Waals surface area contributed by atoms with E-state index in [-0.39, 0.29) is 40.6 Å². The number of aliphatic carboxylic acids is 1. The van der Waals surface area contributed by atoms with Gasteiger partial charge in [0.25, 0.3) is 0 Å². The molecular weight excluding hydrogens is 456 g/mol. The fourth-order valence-electron chi connectivity index (χ4n) is 10.8. The van der Waals surface area contributed by atoms with Crippen LogP contribution in [0.2, 0.25) is 0 Å². The van der Waals surface area contributed by atoms with Gasteiger partial charge >= 0.3 is 5.97 Å². The summed E-state index contributed by atoms with van der Waals surface area (Å²) < 4.78 is 0. The highest BCUT2D eigenvalue weighted by atomic mass is 16.4. The molecule has 36 heavy (non-hydrogen) atoms. The van der Waals surface area contributed by atoms with Crippen molar-refractivity contribution in [3.63, 3.8) is 0 Å². The molecule has 6 heteroatoms. The van der Waals surface area contributed by atoms with Gasteiger partial charge in [-0.15, -0.1) is 0 Å². The summed E-state index contributed by atoms with van der Waals surface area (Å²) in [6, 6.07) is 0. The van der Waals surface area contributed by atoms with Gasteiger partial charge < -0.3 is 25.2 Å². The van der Waals surface area contributed by atoms with E-state index >= 15 is 0 Å². The Kier molecular flexibility index (Phi) is 5.78. The Labute approximate surface area is 215 Å². The molecule has 11 atom stereocenters. The van der Waals surface area contributed by atoms with Gasteiger partial charge in [0.1, 0.15) is 6.29 Å². The molecule has 0 saturated heterocycles. The van der Waals surface area contributed by atoms with Crippen molar-refractivity contribution in [1.29, 1.82) is 0 Å². The standard InChI is InChI=1S/C30H46O6/c1-18-8-13-29(24(34)35)15-14-26(3)19(23(29)28(18,5)36)6-7-20-25(2)11-10-22(33)30(16-31,17-32)21(25)9-12-27(20,26)4/h6,16,18,20-23,32-33,36H,7-15,17H2,1-5H3,(H,34,35)/t18-,20-,21-,22+,23-,25-,26-,27-,28-,29+,30+/m1/s1. The summed E-state index contributed by atoms with van der Waals surface area (Å²) in [5.41, 5.74) is -2.59. The van der Waals surface area contributed by atoms with Crippen molar-refractivity contribution in [3.05, 3.63) is 11.6 Å². The van der Waals surface area contributed by atoms with E-state index in [0.717, 1.165) is 50.4 Å². The number of carboxylic acid groups (broad SMARTS) is 1. The minimum Gasteiger partial charge on any atom is -0.481 e. The maximum atomic E-state index is 12.8. The minimum atomic E-state index is -1.12. The van der Waals surface area contributed by atoms with Gasteiger partial charge in [0, 0.05) is 5.92 Å². The normalized spacial score (nSPS) is 56.3. The predicted octanol–water partition coefficient (Wildman–Crippen LogP) is 4.36. The fraction of sp³-hybridized carbons (Fsp3) is 0.867. The number of hydrogen-bond acceptors (Lipinski definition) is 5. The SMILES string of the molecule is C[C@@H]1CC[C@]2(C(=O)O)CC[C@]3(C)C(=CC[C@@H]4[C@@]5(C)CC[C@H](O)[C@@](C=O)(CO)[C@@H]5CC[C@]43C)[C@@H]2[C@]1(C)O. The number of aldehydes is 1. The zero-order chi connectivity index (χ0) is 26.5. The summed E-state index contributed by atoms with van der Waals surface area (Å²) >= 11 is 0. The van der Waals surface area contributed by atoms with Crippen LogP contribution in [0.15, 0.2) is 11.6 Å². The fourth-order valence-corrected chi connectivity index (χ4v) is 10.8. The number of aliphatic hydroxyl groups excluding tert-OH is 2. The monoisotopic (exact) mass is 502 g/mol. The third-order valence-corrected chi connectivity index (χ3v) is 13.5. The molecule has 0 radical (unpaired) electrons. The van der Waals surface area contributed by atoms with Crippen LogP contribution in [0.1, 0.15) is 92.4 Å². The number of carbonyl (C=O) groups is 2. The van der Waals surface area contributed by atoms with Crippen molar-refractivity contribution in [2.45, 2.75) is 104 Å². The van der Waals surface area contributed by atoms with Gasteiger partial charge in [-0.1, -0.05) is 39.3 Å². The average molecular weight is 503 g/mol. The number of fused-ring (bicyclic) bond motifs is 7. The molecule has 4 fully saturated rings. The molecule has 5 aliphatic carbocycles. The molecule has 4 N–H and O–H groups in total. The van der Waals surface area contributed by atoms with Gasteiger partial charge in [0.2, 0.25) is 0 Å². The van der Waals surface area contributed by atoms with Crippen LogP contribution in [0.5, 0.6) is 0 Å². The Hall–Kier alpha value is -1.24. The molecule has 0 heterocycles. The first-order chi connectivity index (χ1) is 16.7. The third-order valence-electron chi connectivity index (χ3n) is 13.5. The van der Waals surface area contributed by atoms with E-state index in [4.69, 9.17) is 0 Å². The quantitative estimate of drug-likeness (QED) is 0.337. The van der Waals surface area contributed by atoms with Crippen LogP contribution in [0.25, 0.3) is 0 Å². The Morgan fingerprint density at radius 1 is 1.03 bits per heavy atom. The Balaban J connectivity index is 1.64. The van der Waals surface area contributed by atoms with Crippen LogP contribution >= 0.6 is 0 Å². The first kappa shape index (κ1) is 26.4. The van der Waals surface area contributed by atoms with Gasteiger partial charge in [-0.05, 0) is 98.7 Å². The average Bonchev–Trinajstić information content (AvgIpc) is 2.82. The van der Waals surface area contributed by atoms with Gasteiger partial charge in [-0.25, -0.2) is 0 Å². The number of carboxylic acids is 1. The summed E-state index contributed by atoms with van der Waals surface area (Å²) in [6.45, 7) is 10.5. The lowest BCUT2D eigenvalue weighted by Gasteiger charge is -2.71. The van der Waals surface area contributed by atoms with Crippen LogP contribution in [0, 0.1) is 50.7 Å². The molecule has 6 nitrogen and oxygen atoms in total. The van der Waals surface area contributed by atoms with Crippen molar-refractivity contribution in [2.75, 3.05) is 6.61 Å². The number of aliphatic hydroxyl groups is 3. The zero-order valence-corrected chi connectivity index (χ0v) is 22.7. The maximum absolute atomic E-state index is 12.8. The summed E-state index contributed by atoms with van der Waals surface area (Å²) in [7, 11) is 0. The molecule has 0 aliphatic heterocycles. The molecule has 0 bridgehead atoms. The van der Waals surface area contributed by atoms with E-state index in [1.54, 1.807) is 0 Å². The molecule has 0 spiro atoms. The highest BCUT2D eigenvalue weighted by molar-refractivity contribution is 5.77. The number of hydrogen-bond donors (Lipinski definition) is 4. The van der Waals surface area contributed by atoms with Gasteiger partial charge in [0.15, 0.2) is 0 Å². The summed E-state index contributed by atoms with van der Waals surface area (Å²) in [4.78, 5) is 25.2. The molecule has 5 aliphatic rings. The van der Waals surface area contributed by atoms with Crippen LogP contribution < -0.4 is 0 Å². The largest absolute Gasteiger partial charge is 0.481 e. The molecule has 4 saturated carbocycles. The van der Waals surface area contributed by atoms with Crippen LogP contribution in [-0.2, 0) is 9.59 Å². The van der Waals surface area contributed by atoms with E-state index < -0.39 is 34.4 Å². The molecule has 0 unspecified atom stereocenters. The number of allylic oxidation sites excluding steroid dienone is 1. The lowest BCUT2D eigenvalue weighted by atomic mass is 9.33. The van der Waals surface area contributed by atoms with Crippen LogP contribution in [0.4, 0.5) is 0 Å².